The Morgan fingerprint density at radius 2 is 1.87 bits per heavy atom. The summed E-state index contributed by atoms with van der Waals surface area (Å²) in [5, 5.41) is 8.63. The Balaban J connectivity index is 1.76. The van der Waals surface area contributed by atoms with Crippen LogP contribution in [0.1, 0.15) is 31.2 Å². The Hall–Kier alpha value is -1.91. The van der Waals surface area contributed by atoms with Gasteiger partial charge < -0.3 is 14.6 Å². The molecule has 0 saturated carbocycles. The molecule has 4 heteroatoms. The van der Waals surface area contributed by atoms with Crippen LogP contribution < -0.4 is 0 Å². The van der Waals surface area contributed by atoms with Crippen molar-refractivity contribution < 1.29 is 19.4 Å². The molecule has 124 valence electrons. The molecule has 1 aliphatic rings. The molecule has 1 aromatic carbocycles. The van der Waals surface area contributed by atoms with E-state index in [2.05, 4.69) is 6.08 Å². The van der Waals surface area contributed by atoms with Crippen LogP contribution in [0.3, 0.4) is 0 Å². The second-order valence-corrected chi connectivity index (χ2v) is 5.41. The maximum absolute atomic E-state index is 12.1. The molecule has 0 bridgehead atoms. The summed E-state index contributed by atoms with van der Waals surface area (Å²) in [6, 6.07) is 10.1. The standard InChI is InChI=1S/C19H24O4/c20-11-5-12-22-13-6-14-23-19(21)18-10-4-9-17(15-18)16-7-2-1-3-8-16/h1-3,7-9,15,20H,4-6,10-14H2. The van der Waals surface area contributed by atoms with E-state index in [1.165, 1.54) is 0 Å². The van der Waals surface area contributed by atoms with E-state index in [1.54, 1.807) is 0 Å². The topological polar surface area (TPSA) is 55.8 Å². The van der Waals surface area contributed by atoms with E-state index in [0.29, 0.717) is 32.7 Å². The van der Waals surface area contributed by atoms with E-state index in [0.717, 1.165) is 29.6 Å². The summed E-state index contributed by atoms with van der Waals surface area (Å²) >= 11 is 0. The van der Waals surface area contributed by atoms with Crippen LogP contribution in [0.5, 0.6) is 0 Å². The maximum Gasteiger partial charge on any atom is 0.334 e. The fourth-order valence-corrected chi connectivity index (χ4v) is 2.38. The van der Waals surface area contributed by atoms with Crippen molar-refractivity contribution in [2.45, 2.75) is 25.7 Å². The number of carbonyl (C=O) groups is 1. The summed E-state index contributed by atoms with van der Waals surface area (Å²) in [6.07, 6.45) is 6.98. The minimum absolute atomic E-state index is 0.139. The van der Waals surface area contributed by atoms with Crippen molar-refractivity contribution in [3.63, 3.8) is 0 Å². The van der Waals surface area contributed by atoms with Gasteiger partial charge in [-0.05, 0) is 36.5 Å². The van der Waals surface area contributed by atoms with Crippen molar-refractivity contribution in [2.75, 3.05) is 26.4 Å². The Morgan fingerprint density at radius 1 is 1.09 bits per heavy atom. The first kappa shape index (κ1) is 17.4. The molecule has 0 radical (unpaired) electrons. The van der Waals surface area contributed by atoms with Gasteiger partial charge in [0.25, 0.3) is 0 Å². The van der Waals surface area contributed by atoms with Crippen molar-refractivity contribution in [3.05, 3.63) is 53.6 Å². The zero-order valence-corrected chi connectivity index (χ0v) is 13.4. The first-order chi connectivity index (χ1) is 11.3. The second kappa shape index (κ2) is 9.98. The van der Waals surface area contributed by atoms with Crippen molar-refractivity contribution >= 4 is 11.5 Å². The highest BCUT2D eigenvalue weighted by Gasteiger charge is 2.15. The summed E-state index contributed by atoms with van der Waals surface area (Å²) < 4.78 is 10.6. The van der Waals surface area contributed by atoms with E-state index < -0.39 is 0 Å². The molecule has 0 amide bonds. The average Bonchev–Trinajstić information content (AvgIpc) is 2.61. The third-order valence-electron chi connectivity index (χ3n) is 3.59. The number of hydrogen-bond donors (Lipinski definition) is 1. The molecule has 0 aliphatic heterocycles. The molecule has 0 unspecified atom stereocenters. The van der Waals surface area contributed by atoms with Crippen LogP contribution in [0.15, 0.2) is 48.1 Å². The fraction of sp³-hybridized carbons (Fsp3) is 0.421. The number of benzene rings is 1. The third-order valence-corrected chi connectivity index (χ3v) is 3.59. The van der Waals surface area contributed by atoms with Gasteiger partial charge in [0.15, 0.2) is 0 Å². The lowest BCUT2D eigenvalue weighted by molar-refractivity contribution is -0.139. The highest BCUT2D eigenvalue weighted by molar-refractivity contribution is 5.93. The van der Waals surface area contributed by atoms with Crippen LogP contribution in [-0.4, -0.2) is 37.5 Å². The lowest BCUT2D eigenvalue weighted by Crippen LogP contribution is -2.12. The molecule has 1 aliphatic carbocycles. The number of aliphatic hydroxyl groups is 1. The van der Waals surface area contributed by atoms with Crippen LogP contribution >= 0.6 is 0 Å². The SMILES string of the molecule is O=C(OCCCOCCCO)C1=CC(c2ccccc2)=CCC1. The summed E-state index contributed by atoms with van der Waals surface area (Å²) in [5.41, 5.74) is 2.93. The van der Waals surface area contributed by atoms with E-state index in [-0.39, 0.29) is 12.6 Å². The number of ether oxygens (including phenoxy) is 2. The van der Waals surface area contributed by atoms with Gasteiger partial charge in [0.05, 0.1) is 6.61 Å². The first-order valence-corrected chi connectivity index (χ1v) is 8.13. The third kappa shape index (κ3) is 6.00. The number of carbonyl (C=O) groups excluding carboxylic acids is 1. The average molecular weight is 316 g/mol. The van der Waals surface area contributed by atoms with Gasteiger partial charge in [-0.1, -0.05) is 36.4 Å². The van der Waals surface area contributed by atoms with Gasteiger partial charge in [-0.15, -0.1) is 0 Å². The minimum atomic E-state index is -0.234. The Bertz CT molecular complexity index is 546. The lowest BCUT2D eigenvalue weighted by atomic mass is 9.95. The molecule has 2 rings (SSSR count). The summed E-state index contributed by atoms with van der Waals surface area (Å²) in [4.78, 5) is 12.1. The van der Waals surface area contributed by atoms with Crippen LogP contribution in [0.25, 0.3) is 5.57 Å². The summed E-state index contributed by atoms with van der Waals surface area (Å²) in [6.45, 7) is 1.59. The molecule has 0 aromatic heterocycles. The monoisotopic (exact) mass is 316 g/mol. The zero-order chi connectivity index (χ0) is 16.3. The Morgan fingerprint density at radius 3 is 2.65 bits per heavy atom. The summed E-state index contributed by atoms with van der Waals surface area (Å²) in [5.74, 6) is -0.234. The van der Waals surface area contributed by atoms with Crippen molar-refractivity contribution in [1.82, 2.24) is 0 Å². The Kier molecular flexibility index (Phi) is 7.57. The molecule has 0 spiro atoms. The molecule has 1 aromatic rings. The minimum Gasteiger partial charge on any atom is -0.462 e. The number of allylic oxidation sites excluding steroid dienone is 3. The molecule has 23 heavy (non-hydrogen) atoms. The number of rotatable bonds is 9. The largest absolute Gasteiger partial charge is 0.462 e. The molecule has 0 fully saturated rings. The van der Waals surface area contributed by atoms with Gasteiger partial charge in [-0.25, -0.2) is 4.79 Å². The van der Waals surface area contributed by atoms with Gasteiger partial charge in [0, 0.05) is 31.8 Å². The van der Waals surface area contributed by atoms with Crippen LogP contribution in [0.2, 0.25) is 0 Å². The Labute approximate surface area is 137 Å². The quantitative estimate of drug-likeness (QED) is 0.562. The number of aliphatic hydroxyl groups excluding tert-OH is 1. The van der Waals surface area contributed by atoms with Crippen molar-refractivity contribution in [2.24, 2.45) is 0 Å². The second-order valence-electron chi connectivity index (χ2n) is 5.41. The molecular weight excluding hydrogens is 292 g/mol. The van der Waals surface area contributed by atoms with Gasteiger partial charge in [-0.2, -0.15) is 0 Å². The zero-order valence-electron chi connectivity index (χ0n) is 13.4. The van der Waals surface area contributed by atoms with Crippen molar-refractivity contribution in [3.8, 4) is 0 Å². The van der Waals surface area contributed by atoms with E-state index in [1.807, 2.05) is 36.4 Å². The normalized spacial score (nSPS) is 14.1. The molecule has 4 nitrogen and oxygen atoms in total. The lowest BCUT2D eigenvalue weighted by Gasteiger charge is -2.14. The maximum atomic E-state index is 12.1. The molecule has 0 atom stereocenters. The molecule has 1 N–H and O–H groups in total. The highest BCUT2D eigenvalue weighted by Crippen LogP contribution is 2.25. The van der Waals surface area contributed by atoms with Gasteiger partial charge in [-0.3, -0.25) is 0 Å². The fourth-order valence-electron chi connectivity index (χ4n) is 2.38. The van der Waals surface area contributed by atoms with Crippen LogP contribution in [0, 0.1) is 0 Å². The van der Waals surface area contributed by atoms with E-state index >= 15 is 0 Å². The summed E-state index contributed by atoms with van der Waals surface area (Å²) in [7, 11) is 0. The molecular formula is C19H24O4. The van der Waals surface area contributed by atoms with Crippen LogP contribution in [-0.2, 0) is 14.3 Å². The van der Waals surface area contributed by atoms with Gasteiger partial charge in [0.2, 0.25) is 0 Å². The molecule has 0 heterocycles. The van der Waals surface area contributed by atoms with Crippen LogP contribution in [0.4, 0.5) is 0 Å². The van der Waals surface area contributed by atoms with E-state index in [9.17, 15) is 4.79 Å². The molecule has 0 saturated heterocycles. The predicted molar refractivity (Wildman–Crippen MR) is 89.8 cm³/mol. The number of esters is 1. The highest BCUT2D eigenvalue weighted by atomic mass is 16.5. The van der Waals surface area contributed by atoms with E-state index in [4.69, 9.17) is 14.6 Å². The van der Waals surface area contributed by atoms with Gasteiger partial charge in [0.1, 0.15) is 0 Å². The van der Waals surface area contributed by atoms with Gasteiger partial charge >= 0.3 is 5.97 Å². The first-order valence-electron chi connectivity index (χ1n) is 8.13. The smallest absolute Gasteiger partial charge is 0.334 e. The number of hydrogen-bond acceptors (Lipinski definition) is 4. The van der Waals surface area contributed by atoms with Crippen molar-refractivity contribution in [1.29, 1.82) is 0 Å². The predicted octanol–water partition coefficient (Wildman–Crippen LogP) is 3.12.